The molecule has 0 saturated carbocycles. The first-order valence-corrected chi connectivity index (χ1v) is 7.18. The number of halogens is 1. The Morgan fingerprint density at radius 2 is 2.41 bits per heavy atom. The number of hydrogen-bond acceptors (Lipinski definition) is 2. The molecule has 1 aliphatic heterocycles. The molecule has 1 saturated heterocycles. The van der Waals surface area contributed by atoms with Crippen molar-refractivity contribution in [2.45, 2.75) is 51.7 Å². The van der Waals surface area contributed by atoms with Crippen molar-refractivity contribution in [2.75, 3.05) is 12.4 Å². The Balaban J connectivity index is 1.88. The maximum absolute atomic E-state index is 5.78. The van der Waals surface area contributed by atoms with Crippen molar-refractivity contribution in [3.63, 3.8) is 0 Å². The van der Waals surface area contributed by atoms with Crippen LogP contribution in [0.5, 0.6) is 0 Å². The Kier molecular flexibility index (Phi) is 4.86. The molecule has 0 spiro atoms. The normalized spacial score (nSPS) is 21.2. The van der Waals surface area contributed by atoms with Gasteiger partial charge in [0.2, 0.25) is 0 Å². The monoisotopic (exact) mass is 255 g/mol. The molecule has 17 heavy (non-hydrogen) atoms. The number of hydrogen-bond donors (Lipinski definition) is 0. The summed E-state index contributed by atoms with van der Waals surface area (Å²) in [6, 6.07) is 0.735. The van der Waals surface area contributed by atoms with E-state index in [1.54, 1.807) is 0 Å². The topological polar surface area (TPSA) is 21.1 Å². The summed E-state index contributed by atoms with van der Waals surface area (Å²) in [5.41, 5.74) is 1.34. The molecular formula is C13H22ClN3. The van der Waals surface area contributed by atoms with Crippen molar-refractivity contribution in [3.05, 3.63) is 18.0 Å². The minimum Gasteiger partial charge on any atom is -0.296 e. The largest absolute Gasteiger partial charge is 0.296 e. The highest BCUT2D eigenvalue weighted by Gasteiger charge is 2.24. The van der Waals surface area contributed by atoms with E-state index in [-0.39, 0.29) is 0 Å². The molecule has 1 atom stereocenters. The van der Waals surface area contributed by atoms with Gasteiger partial charge in [0.05, 0.1) is 6.20 Å². The van der Waals surface area contributed by atoms with Crippen molar-refractivity contribution in [1.29, 1.82) is 0 Å². The zero-order valence-corrected chi connectivity index (χ0v) is 11.4. The van der Waals surface area contributed by atoms with E-state index in [4.69, 9.17) is 11.6 Å². The van der Waals surface area contributed by atoms with Crippen LogP contribution in [0.2, 0.25) is 0 Å². The maximum Gasteiger partial charge on any atom is 0.0534 e. The first-order valence-electron chi connectivity index (χ1n) is 6.65. The second-order valence-corrected chi connectivity index (χ2v) is 5.18. The maximum atomic E-state index is 5.78. The number of likely N-dealkylation sites (tertiary alicyclic amines) is 1. The Hall–Kier alpha value is -0.540. The van der Waals surface area contributed by atoms with Crippen molar-refractivity contribution < 1.29 is 0 Å². The molecule has 1 fully saturated rings. The first kappa shape index (κ1) is 12.9. The van der Waals surface area contributed by atoms with Crippen LogP contribution in [0.15, 0.2) is 12.4 Å². The highest BCUT2D eigenvalue weighted by atomic mass is 35.5. The lowest BCUT2D eigenvalue weighted by atomic mass is 10.1. The van der Waals surface area contributed by atoms with E-state index in [1.807, 2.05) is 10.9 Å². The summed E-state index contributed by atoms with van der Waals surface area (Å²) in [5, 5.41) is 4.33. The van der Waals surface area contributed by atoms with Crippen LogP contribution >= 0.6 is 11.6 Å². The third-order valence-electron chi connectivity index (χ3n) is 3.57. The molecule has 4 heteroatoms. The number of rotatable bonds is 6. The summed E-state index contributed by atoms with van der Waals surface area (Å²) in [7, 11) is 0. The van der Waals surface area contributed by atoms with Crippen LogP contribution in [0, 0.1) is 0 Å². The average Bonchev–Trinajstić information content (AvgIpc) is 2.96. The van der Waals surface area contributed by atoms with Crippen LogP contribution in [0.1, 0.15) is 38.2 Å². The molecule has 1 aromatic heterocycles. The average molecular weight is 256 g/mol. The molecule has 0 bridgehead atoms. The molecule has 0 aliphatic carbocycles. The summed E-state index contributed by atoms with van der Waals surface area (Å²) in [6.07, 6.45) is 9.20. The lowest BCUT2D eigenvalue weighted by molar-refractivity contribution is 0.233. The van der Waals surface area contributed by atoms with E-state index in [0.717, 1.165) is 31.4 Å². The molecule has 2 heterocycles. The van der Waals surface area contributed by atoms with E-state index >= 15 is 0 Å². The smallest absolute Gasteiger partial charge is 0.0534 e. The predicted octanol–water partition coefficient (Wildman–Crippen LogP) is 2.89. The summed E-state index contributed by atoms with van der Waals surface area (Å²) in [5.74, 6) is 0.790. The van der Waals surface area contributed by atoms with Gasteiger partial charge in [-0.05, 0) is 39.2 Å². The Morgan fingerprint density at radius 1 is 1.53 bits per heavy atom. The molecule has 0 radical (unpaired) electrons. The molecule has 0 aromatic carbocycles. The van der Waals surface area contributed by atoms with Gasteiger partial charge in [-0.15, -0.1) is 11.6 Å². The molecule has 96 valence electrons. The second kappa shape index (κ2) is 6.41. The number of aryl methyl sites for hydroxylation is 1. The van der Waals surface area contributed by atoms with Crippen LogP contribution in [-0.4, -0.2) is 33.1 Å². The van der Waals surface area contributed by atoms with E-state index in [2.05, 4.69) is 23.1 Å². The lowest BCUT2D eigenvalue weighted by Crippen LogP contribution is -2.28. The first-order chi connectivity index (χ1) is 8.33. The number of alkyl halides is 1. The SMILES string of the molecule is CCn1cc(CN2CCCC2CCCCl)cn1. The Labute approximate surface area is 109 Å². The zero-order valence-electron chi connectivity index (χ0n) is 10.6. The van der Waals surface area contributed by atoms with Gasteiger partial charge in [0.1, 0.15) is 0 Å². The van der Waals surface area contributed by atoms with E-state index in [0.29, 0.717) is 0 Å². The van der Waals surface area contributed by atoms with E-state index in [1.165, 1.54) is 31.4 Å². The van der Waals surface area contributed by atoms with Gasteiger partial charge in [-0.1, -0.05) is 0 Å². The van der Waals surface area contributed by atoms with Gasteiger partial charge in [0, 0.05) is 36.8 Å². The molecule has 1 aliphatic rings. The highest BCUT2D eigenvalue weighted by molar-refractivity contribution is 6.17. The fourth-order valence-electron chi connectivity index (χ4n) is 2.64. The van der Waals surface area contributed by atoms with E-state index in [9.17, 15) is 0 Å². The van der Waals surface area contributed by atoms with Crippen LogP contribution in [0.4, 0.5) is 0 Å². The van der Waals surface area contributed by atoms with Crippen molar-refractivity contribution in [1.82, 2.24) is 14.7 Å². The molecule has 1 unspecified atom stereocenters. The molecular weight excluding hydrogens is 234 g/mol. The van der Waals surface area contributed by atoms with Crippen molar-refractivity contribution in [2.24, 2.45) is 0 Å². The zero-order chi connectivity index (χ0) is 12.1. The fraction of sp³-hybridized carbons (Fsp3) is 0.769. The standard InChI is InChI=1S/C13H22ClN3/c1-2-17-11-12(9-15-17)10-16-8-4-6-13(16)5-3-7-14/h9,11,13H,2-8,10H2,1H3. The number of nitrogens with zero attached hydrogens (tertiary/aromatic N) is 3. The van der Waals surface area contributed by atoms with Gasteiger partial charge in [-0.3, -0.25) is 9.58 Å². The Morgan fingerprint density at radius 3 is 3.12 bits per heavy atom. The lowest BCUT2D eigenvalue weighted by Gasteiger charge is -2.23. The van der Waals surface area contributed by atoms with Crippen LogP contribution in [-0.2, 0) is 13.1 Å². The molecule has 0 N–H and O–H groups in total. The summed E-state index contributed by atoms with van der Waals surface area (Å²) in [4.78, 5) is 2.59. The third kappa shape index (κ3) is 3.46. The van der Waals surface area contributed by atoms with Crippen molar-refractivity contribution in [3.8, 4) is 0 Å². The van der Waals surface area contributed by atoms with Gasteiger partial charge in [-0.25, -0.2) is 0 Å². The highest BCUT2D eigenvalue weighted by Crippen LogP contribution is 2.23. The minimum absolute atomic E-state index is 0.735. The van der Waals surface area contributed by atoms with Crippen LogP contribution in [0.3, 0.4) is 0 Å². The predicted molar refractivity (Wildman–Crippen MR) is 71.3 cm³/mol. The van der Waals surface area contributed by atoms with Gasteiger partial charge < -0.3 is 0 Å². The van der Waals surface area contributed by atoms with Gasteiger partial charge in [-0.2, -0.15) is 5.10 Å². The summed E-state index contributed by atoms with van der Waals surface area (Å²) >= 11 is 5.78. The fourth-order valence-corrected chi connectivity index (χ4v) is 2.79. The quantitative estimate of drug-likeness (QED) is 0.729. The number of aromatic nitrogens is 2. The van der Waals surface area contributed by atoms with Crippen LogP contribution < -0.4 is 0 Å². The van der Waals surface area contributed by atoms with Gasteiger partial charge >= 0.3 is 0 Å². The third-order valence-corrected chi connectivity index (χ3v) is 3.83. The van der Waals surface area contributed by atoms with Gasteiger partial charge in [0.15, 0.2) is 0 Å². The second-order valence-electron chi connectivity index (χ2n) is 4.80. The molecule has 2 rings (SSSR count). The Bertz CT molecular complexity index is 337. The minimum atomic E-state index is 0.735. The van der Waals surface area contributed by atoms with Crippen molar-refractivity contribution >= 4 is 11.6 Å². The van der Waals surface area contributed by atoms with E-state index < -0.39 is 0 Å². The van der Waals surface area contributed by atoms with Gasteiger partial charge in [0.25, 0.3) is 0 Å². The molecule has 0 amide bonds. The summed E-state index contributed by atoms with van der Waals surface area (Å²) in [6.45, 7) is 5.35. The molecule has 3 nitrogen and oxygen atoms in total. The molecule has 1 aromatic rings. The van der Waals surface area contributed by atoms with Crippen LogP contribution in [0.25, 0.3) is 0 Å². The summed E-state index contributed by atoms with van der Waals surface area (Å²) < 4.78 is 2.00.